The molecule has 1 unspecified atom stereocenters. The maximum Gasteiger partial charge on any atom is 0.407 e. The molecule has 202 valence electrons. The van der Waals surface area contributed by atoms with Crippen LogP contribution in [0.15, 0.2) is 18.3 Å². The Hall–Kier alpha value is -2.64. The standard InChI is InChI=1S/C24H30F3N5O4S/c1-24(2,3)36-23(33)29-20-6-14(9-28-22(20)16-7-18(26)19(27)8-17(16)25)31-10-13-11-32(30-21(13)12-31)37(34,35)15-4-5-15/h7-8,11,14-15,20,22,28H,4-6,9-10,12H2,1-3H3,(H,29,33)/t14-,20+,22?/m1/s1. The van der Waals surface area contributed by atoms with E-state index in [1.165, 1.54) is 0 Å². The molecule has 3 atom stereocenters. The molecular formula is C24H30F3N5O4S. The van der Waals surface area contributed by atoms with Gasteiger partial charge in [0.1, 0.15) is 11.4 Å². The third-order valence-electron chi connectivity index (χ3n) is 6.88. The summed E-state index contributed by atoms with van der Waals surface area (Å²) >= 11 is 0. The van der Waals surface area contributed by atoms with Gasteiger partial charge in [-0.15, -0.1) is 0 Å². The van der Waals surface area contributed by atoms with Crippen molar-refractivity contribution >= 4 is 16.1 Å². The first-order valence-corrected chi connectivity index (χ1v) is 13.8. The monoisotopic (exact) mass is 541 g/mol. The first kappa shape index (κ1) is 26.0. The molecule has 2 N–H and O–H groups in total. The van der Waals surface area contributed by atoms with Crippen molar-refractivity contribution in [2.24, 2.45) is 0 Å². The maximum absolute atomic E-state index is 14.7. The van der Waals surface area contributed by atoms with Crippen molar-refractivity contribution in [1.29, 1.82) is 0 Å². The van der Waals surface area contributed by atoms with Crippen molar-refractivity contribution in [3.8, 4) is 0 Å². The summed E-state index contributed by atoms with van der Waals surface area (Å²) in [6.45, 7) is 6.39. The van der Waals surface area contributed by atoms with E-state index >= 15 is 0 Å². The minimum atomic E-state index is -3.45. The molecule has 1 aromatic heterocycles. The highest BCUT2D eigenvalue weighted by Gasteiger charge is 2.41. The Kier molecular flexibility index (Phi) is 6.52. The van der Waals surface area contributed by atoms with Gasteiger partial charge < -0.3 is 15.4 Å². The van der Waals surface area contributed by atoms with Crippen molar-refractivity contribution < 1.29 is 31.1 Å². The number of carbonyl (C=O) groups is 1. The van der Waals surface area contributed by atoms with Crippen LogP contribution in [0.2, 0.25) is 0 Å². The average Bonchev–Trinajstić information content (AvgIpc) is 3.46. The normalized spacial score (nSPS) is 24.6. The third kappa shape index (κ3) is 5.34. The Morgan fingerprint density at radius 3 is 2.49 bits per heavy atom. The fraction of sp³-hybridized carbons (Fsp3) is 0.583. The number of hydrogen-bond acceptors (Lipinski definition) is 7. The van der Waals surface area contributed by atoms with Gasteiger partial charge in [-0.1, -0.05) is 0 Å². The number of rotatable bonds is 5. The lowest BCUT2D eigenvalue weighted by atomic mass is 9.89. The zero-order chi connectivity index (χ0) is 26.7. The van der Waals surface area contributed by atoms with Gasteiger partial charge in [-0.3, -0.25) is 4.90 Å². The molecule has 0 spiro atoms. The molecule has 1 aromatic carbocycles. The first-order chi connectivity index (χ1) is 17.3. The van der Waals surface area contributed by atoms with E-state index in [-0.39, 0.29) is 16.9 Å². The zero-order valence-corrected chi connectivity index (χ0v) is 21.6. The van der Waals surface area contributed by atoms with Crippen molar-refractivity contribution in [3.05, 3.63) is 52.6 Å². The van der Waals surface area contributed by atoms with E-state index in [2.05, 4.69) is 20.6 Å². The van der Waals surface area contributed by atoms with Crippen LogP contribution < -0.4 is 10.6 Å². The predicted molar refractivity (Wildman–Crippen MR) is 127 cm³/mol. The summed E-state index contributed by atoms with van der Waals surface area (Å²) in [4.78, 5) is 14.7. The molecule has 1 aliphatic carbocycles. The van der Waals surface area contributed by atoms with Crippen molar-refractivity contribution in [2.75, 3.05) is 6.54 Å². The Balaban J connectivity index is 1.34. The van der Waals surface area contributed by atoms with Crippen LogP contribution in [-0.4, -0.2) is 58.1 Å². The highest BCUT2D eigenvalue weighted by Crippen LogP contribution is 2.34. The van der Waals surface area contributed by atoms with Gasteiger partial charge in [0, 0.05) is 49.1 Å². The summed E-state index contributed by atoms with van der Waals surface area (Å²) < 4.78 is 73.7. The van der Waals surface area contributed by atoms with Gasteiger partial charge in [0.25, 0.3) is 10.0 Å². The number of amides is 1. The zero-order valence-electron chi connectivity index (χ0n) is 20.8. The summed E-state index contributed by atoms with van der Waals surface area (Å²) in [5.41, 5.74) is 0.631. The fourth-order valence-corrected chi connectivity index (χ4v) is 6.48. The number of benzene rings is 1. The maximum atomic E-state index is 14.7. The summed E-state index contributed by atoms with van der Waals surface area (Å²) in [7, 11) is -3.45. The highest BCUT2D eigenvalue weighted by atomic mass is 32.2. The van der Waals surface area contributed by atoms with Crippen LogP contribution in [0, 0.1) is 17.5 Å². The van der Waals surface area contributed by atoms with Crippen LogP contribution in [-0.2, 0) is 27.8 Å². The quantitative estimate of drug-likeness (QED) is 0.561. The lowest BCUT2D eigenvalue weighted by molar-refractivity contribution is 0.0445. The Morgan fingerprint density at radius 2 is 1.84 bits per heavy atom. The molecule has 1 saturated heterocycles. The predicted octanol–water partition coefficient (Wildman–Crippen LogP) is 2.95. The molecule has 3 aliphatic rings. The topological polar surface area (TPSA) is 106 Å². The summed E-state index contributed by atoms with van der Waals surface area (Å²) in [5.74, 6) is -3.39. The Morgan fingerprint density at radius 1 is 1.14 bits per heavy atom. The molecule has 0 radical (unpaired) electrons. The Bertz CT molecular complexity index is 1300. The molecule has 9 nitrogen and oxygen atoms in total. The summed E-state index contributed by atoms with van der Waals surface area (Å²) in [6.07, 6.45) is 2.52. The van der Waals surface area contributed by atoms with Gasteiger partial charge in [0.2, 0.25) is 0 Å². The number of hydrogen-bond donors (Lipinski definition) is 2. The van der Waals surface area contributed by atoms with Crippen LogP contribution in [0.5, 0.6) is 0 Å². The number of aromatic nitrogens is 2. The van der Waals surface area contributed by atoms with Crippen LogP contribution in [0.3, 0.4) is 0 Å². The molecule has 1 saturated carbocycles. The largest absolute Gasteiger partial charge is 0.444 e. The van der Waals surface area contributed by atoms with E-state index in [1.807, 2.05) is 0 Å². The summed E-state index contributed by atoms with van der Waals surface area (Å²) in [5, 5.41) is 9.91. The number of carbonyl (C=O) groups excluding carboxylic acids is 1. The van der Waals surface area contributed by atoms with E-state index in [1.54, 1.807) is 27.0 Å². The van der Waals surface area contributed by atoms with Crippen molar-refractivity contribution in [3.63, 3.8) is 0 Å². The molecule has 2 aromatic rings. The molecule has 5 rings (SSSR count). The smallest absolute Gasteiger partial charge is 0.407 e. The van der Waals surface area contributed by atoms with Gasteiger partial charge in [-0.05, 0) is 46.1 Å². The number of alkyl carbamates (subject to hydrolysis) is 1. The Labute approximate surface area is 213 Å². The van der Waals surface area contributed by atoms with Gasteiger partial charge in [-0.25, -0.2) is 26.4 Å². The highest BCUT2D eigenvalue weighted by molar-refractivity contribution is 7.90. The third-order valence-corrected chi connectivity index (χ3v) is 8.91. The minimum absolute atomic E-state index is 0.0929. The molecule has 37 heavy (non-hydrogen) atoms. The van der Waals surface area contributed by atoms with E-state index in [0.29, 0.717) is 50.7 Å². The van der Waals surface area contributed by atoms with Gasteiger partial charge in [-0.2, -0.15) is 9.19 Å². The second-order valence-corrected chi connectivity index (χ2v) is 13.0. The number of halogens is 3. The van der Waals surface area contributed by atoms with Crippen LogP contribution in [0.4, 0.5) is 18.0 Å². The summed E-state index contributed by atoms with van der Waals surface area (Å²) in [6, 6.07) is -0.349. The molecule has 3 heterocycles. The lowest BCUT2D eigenvalue weighted by Gasteiger charge is -2.41. The molecular weight excluding hydrogens is 511 g/mol. The van der Waals surface area contributed by atoms with E-state index < -0.39 is 51.3 Å². The van der Waals surface area contributed by atoms with E-state index in [0.717, 1.165) is 15.7 Å². The van der Waals surface area contributed by atoms with Gasteiger partial charge in [0.15, 0.2) is 11.6 Å². The number of piperidine rings is 1. The molecule has 1 amide bonds. The van der Waals surface area contributed by atoms with Crippen molar-refractivity contribution in [2.45, 2.75) is 82.1 Å². The minimum Gasteiger partial charge on any atom is -0.444 e. The van der Waals surface area contributed by atoms with Crippen molar-refractivity contribution in [1.82, 2.24) is 24.7 Å². The average molecular weight is 542 g/mol. The van der Waals surface area contributed by atoms with Crippen LogP contribution in [0.25, 0.3) is 0 Å². The van der Waals surface area contributed by atoms with Crippen LogP contribution >= 0.6 is 0 Å². The molecule has 13 heteroatoms. The first-order valence-electron chi connectivity index (χ1n) is 12.2. The lowest BCUT2D eigenvalue weighted by Crippen LogP contribution is -2.57. The van der Waals surface area contributed by atoms with Gasteiger partial charge >= 0.3 is 6.09 Å². The number of nitrogens with one attached hydrogen (secondary N) is 2. The van der Waals surface area contributed by atoms with Crippen LogP contribution in [0.1, 0.15) is 62.9 Å². The number of nitrogens with zero attached hydrogens (tertiary/aromatic N) is 3. The fourth-order valence-electron chi connectivity index (χ4n) is 4.96. The second kappa shape index (κ2) is 9.28. The molecule has 2 fully saturated rings. The SMILES string of the molecule is CC(C)(C)OC(=O)N[C@H]1C[C@@H](N2Cc3cn(S(=O)(=O)C4CC4)nc3C2)CNC1c1cc(F)c(F)cc1F. The second-order valence-electron chi connectivity index (χ2n) is 10.9. The molecule has 0 bridgehead atoms. The number of ether oxygens (including phenoxy) is 1. The van der Waals surface area contributed by atoms with E-state index in [9.17, 15) is 26.4 Å². The van der Waals surface area contributed by atoms with Gasteiger partial charge in [0.05, 0.1) is 23.0 Å². The molecule has 2 aliphatic heterocycles. The number of fused-ring (bicyclic) bond motifs is 1. The van der Waals surface area contributed by atoms with E-state index in [4.69, 9.17) is 4.74 Å².